The zero-order valence-electron chi connectivity index (χ0n) is 7.21. The highest BCUT2D eigenvalue weighted by Crippen LogP contribution is 2.32. The van der Waals surface area contributed by atoms with Gasteiger partial charge >= 0.3 is 6.18 Å². The Morgan fingerprint density at radius 1 is 1.20 bits per heavy atom. The molecule has 7 heteroatoms. The standard InChI is InChI=1S/C8H5Cl3F3N/c9-2-4-5(11)1-7(8(12,13)14)15-6(4)3-10/h1H,2-3H2. The van der Waals surface area contributed by atoms with Crippen molar-refractivity contribution in [2.24, 2.45) is 0 Å². The molecule has 0 unspecified atom stereocenters. The molecule has 1 aromatic heterocycles. The van der Waals surface area contributed by atoms with Crippen LogP contribution in [0.5, 0.6) is 0 Å². The molecule has 1 aromatic rings. The second-order valence-electron chi connectivity index (χ2n) is 2.68. The van der Waals surface area contributed by atoms with Crippen molar-refractivity contribution in [1.82, 2.24) is 4.98 Å². The molecule has 0 aliphatic carbocycles. The van der Waals surface area contributed by atoms with Crippen LogP contribution in [0, 0.1) is 0 Å². The van der Waals surface area contributed by atoms with E-state index >= 15 is 0 Å². The number of pyridine rings is 1. The second-order valence-corrected chi connectivity index (χ2v) is 3.62. The Labute approximate surface area is 99.2 Å². The largest absolute Gasteiger partial charge is 0.433 e. The summed E-state index contributed by atoms with van der Waals surface area (Å²) in [7, 11) is 0. The number of rotatable bonds is 2. The summed E-state index contributed by atoms with van der Waals surface area (Å²) in [5.41, 5.74) is -0.662. The van der Waals surface area contributed by atoms with Crippen molar-refractivity contribution in [2.75, 3.05) is 0 Å². The summed E-state index contributed by atoms with van der Waals surface area (Å²) in [5, 5.41) is -0.0667. The molecular weight excluding hydrogens is 273 g/mol. The average molecular weight is 278 g/mol. The van der Waals surface area contributed by atoms with Crippen LogP contribution in [0.3, 0.4) is 0 Å². The van der Waals surface area contributed by atoms with Gasteiger partial charge in [0.2, 0.25) is 0 Å². The molecule has 1 nitrogen and oxygen atoms in total. The molecule has 0 bridgehead atoms. The van der Waals surface area contributed by atoms with Gasteiger partial charge in [0.1, 0.15) is 5.69 Å². The summed E-state index contributed by atoms with van der Waals surface area (Å²) in [5.74, 6) is -0.183. The van der Waals surface area contributed by atoms with Crippen molar-refractivity contribution in [3.63, 3.8) is 0 Å². The lowest BCUT2D eigenvalue weighted by Gasteiger charge is -2.11. The van der Waals surface area contributed by atoms with Crippen LogP contribution in [0.2, 0.25) is 5.02 Å². The van der Waals surface area contributed by atoms with Crippen LogP contribution in [0.4, 0.5) is 13.2 Å². The number of nitrogens with zero attached hydrogens (tertiary/aromatic N) is 1. The van der Waals surface area contributed by atoms with Crippen molar-refractivity contribution < 1.29 is 13.2 Å². The summed E-state index contributed by atoms with van der Waals surface area (Å²) in [6.07, 6.45) is -4.53. The quantitative estimate of drug-likeness (QED) is 0.738. The van der Waals surface area contributed by atoms with Gasteiger partial charge in [-0.15, -0.1) is 23.2 Å². The molecular formula is C8H5Cl3F3N. The number of aromatic nitrogens is 1. The number of alkyl halides is 5. The fourth-order valence-corrected chi connectivity index (χ4v) is 1.85. The van der Waals surface area contributed by atoms with Gasteiger partial charge in [-0.3, -0.25) is 0 Å². The van der Waals surface area contributed by atoms with Gasteiger partial charge in [0.05, 0.1) is 17.5 Å². The van der Waals surface area contributed by atoms with Gasteiger partial charge in [0, 0.05) is 10.6 Å². The summed E-state index contributed by atoms with van der Waals surface area (Å²) in [6.45, 7) is 0. The molecule has 0 aliphatic rings. The molecule has 0 aromatic carbocycles. The third-order valence-electron chi connectivity index (χ3n) is 1.71. The van der Waals surface area contributed by atoms with Gasteiger partial charge in [0.15, 0.2) is 0 Å². The maximum Gasteiger partial charge on any atom is 0.433 e. The SMILES string of the molecule is FC(F)(F)c1cc(Cl)c(CCl)c(CCl)n1. The molecule has 84 valence electrons. The highest BCUT2D eigenvalue weighted by atomic mass is 35.5. The van der Waals surface area contributed by atoms with Gasteiger partial charge < -0.3 is 0 Å². The van der Waals surface area contributed by atoms with Gasteiger partial charge in [-0.25, -0.2) is 4.98 Å². The van der Waals surface area contributed by atoms with Gasteiger partial charge in [-0.1, -0.05) is 11.6 Å². The third-order valence-corrected chi connectivity index (χ3v) is 2.56. The normalized spacial score (nSPS) is 11.9. The monoisotopic (exact) mass is 277 g/mol. The maximum absolute atomic E-state index is 12.3. The molecule has 0 atom stereocenters. The molecule has 1 rings (SSSR count). The Morgan fingerprint density at radius 3 is 2.20 bits per heavy atom. The van der Waals surface area contributed by atoms with Crippen LogP contribution in [0.1, 0.15) is 17.0 Å². The summed E-state index contributed by atoms with van der Waals surface area (Å²) in [6, 6.07) is 0.745. The summed E-state index contributed by atoms with van der Waals surface area (Å²) >= 11 is 16.6. The smallest absolute Gasteiger partial charge is 0.247 e. The molecule has 0 saturated heterocycles. The molecule has 0 saturated carbocycles. The van der Waals surface area contributed by atoms with Crippen LogP contribution in [-0.2, 0) is 17.9 Å². The van der Waals surface area contributed by atoms with Gasteiger partial charge in [-0.05, 0) is 6.07 Å². The predicted octanol–water partition coefficient (Wildman–Crippen LogP) is 4.23. The number of halogens is 6. The molecule has 0 spiro atoms. The van der Waals surface area contributed by atoms with Crippen molar-refractivity contribution in [3.8, 4) is 0 Å². The Hall–Kier alpha value is -0.190. The van der Waals surface area contributed by atoms with E-state index in [1.165, 1.54) is 0 Å². The van der Waals surface area contributed by atoms with E-state index < -0.39 is 11.9 Å². The van der Waals surface area contributed by atoms with Crippen LogP contribution < -0.4 is 0 Å². The van der Waals surface area contributed by atoms with E-state index in [-0.39, 0.29) is 22.5 Å². The first-order valence-corrected chi connectivity index (χ1v) is 5.22. The second kappa shape index (κ2) is 4.76. The van der Waals surface area contributed by atoms with Gasteiger partial charge in [-0.2, -0.15) is 13.2 Å². The summed E-state index contributed by atoms with van der Waals surface area (Å²) < 4.78 is 37.0. The zero-order chi connectivity index (χ0) is 11.6. The lowest BCUT2D eigenvalue weighted by atomic mass is 10.2. The molecule has 0 aliphatic heterocycles. The minimum absolute atomic E-state index is 0.0218. The molecule has 0 amide bonds. The molecule has 0 radical (unpaired) electrons. The van der Waals surface area contributed by atoms with E-state index in [9.17, 15) is 13.2 Å². The summed E-state index contributed by atoms with van der Waals surface area (Å²) in [4.78, 5) is 3.37. The highest BCUT2D eigenvalue weighted by molar-refractivity contribution is 6.32. The average Bonchev–Trinajstić information content (AvgIpc) is 2.15. The lowest BCUT2D eigenvalue weighted by molar-refractivity contribution is -0.141. The van der Waals surface area contributed by atoms with Gasteiger partial charge in [0.25, 0.3) is 0 Å². The van der Waals surface area contributed by atoms with Crippen molar-refractivity contribution >= 4 is 34.8 Å². The predicted molar refractivity (Wildman–Crippen MR) is 53.4 cm³/mol. The van der Waals surface area contributed by atoms with E-state index in [2.05, 4.69) is 4.98 Å². The minimum Gasteiger partial charge on any atom is -0.247 e. The first-order chi connectivity index (χ1) is 6.90. The van der Waals surface area contributed by atoms with Crippen LogP contribution in [0.15, 0.2) is 6.07 Å². The van der Waals surface area contributed by atoms with Crippen LogP contribution >= 0.6 is 34.8 Å². The van der Waals surface area contributed by atoms with E-state index in [0.29, 0.717) is 5.56 Å². The van der Waals surface area contributed by atoms with E-state index in [1.807, 2.05) is 0 Å². The topological polar surface area (TPSA) is 12.9 Å². The van der Waals surface area contributed by atoms with Crippen molar-refractivity contribution in [3.05, 3.63) is 28.0 Å². The zero-order valence-corrected chi connectivity index (χ0v) is 9.47. The first-order valence-electron chi connectivity index (χ1n) is 3.77. The van der Waals surface area contributed by atoms with Crippen LogP contribution in [-0.4, -0.2) is 4.98 Å². The maximum atomic E-state index is 12.3. The fraction of sp³-hybridized carbons (Fsp3) is 0.375. The highest BCUT2D eigenvalue weighted by Gasteiger charge is 2.33. The molecule has 15 heavy (non-hydrogen) atoms. The molecule has 1 heterocycles. The molecule has 0 fully saturated rings. The number of hydrogen-bond acceptors (Lipinski definition) is 1. The third kappa shape index (κ3) is 2.89. The first kappa shape index (κ1) is 12.9. The van der Waals surface area contributed by atoms with Crippen molar-refractivity contribution in [1.29, 1.82) is 0 Å². The Kier molecular flexibility index (Phi) is 4.09. The fourth-order valence-electron chi connectivity index (χ4n) is 0.987. The minimum atomic E-state index is -4.53. The van der Waals surface area contributed by atoms with Crippen molar-refractivity contribution in [2.45, 2.75) is 17.9 Å². The Morgan fingerprint density at radius 2 is 1.80 bits per heavy atom. The van der Waals surface area contributed by atoms with E-state index in [1.54, 1.807) is 0 Å². The van der Waals surface area contributed by atoms with Crippen LogP contribution in [0.25, 0.3) is 0 Å². The number of hydrogen-bond donors (Lipinski definition) is 0. The Bertz CT molecular complexity index is 365. The molecule has 0 N–H and O–H groups in total. The Balaban J connectivity index is 3.32. The van der Waals surface area contributed by atoms with E-state index in [4.69, 9.17) is 34.8 Å². The van der Waals surface area contributed by atoms with E-state index in [0.717, 1.165) is 6.07 Å². The lowest BCUT2D eigenvalue weighted by Crippen LogP contribution is -2.10.